The molecule has 3 unspecified atom stereocenters. The van der Waals surface area contributed by atoms with Gasteiger partial charge in [0.15, 0.2) is 0 Å². The van der Waals surface area contributed by atoms with E-state index < -0.39 is 0 Å². The van der Waals surface area contributed by atoms with Gasteiger partial charge in [-0.3, -0.25) is 0 Å². The van der Waals surface area contributed by atoms with Crippen LogP contribution in [0.25, 0.3) is 0 Å². The van der Waals surface area contributed by atoms with Crippen LogP contribution in [0.4, 0.5) is 0 Å². The second-order valence-corrected chi connectivity index (χ2v) is 13.1. The summed E-state index contributed by atoms with van der Waals surface area (Å²) in [5.41, 5.74) is 1.14. The number of aliphatic hydroxyl groups excluding tert-OH is 1. The van der Waals surface area contributed by atoms with Gasteiger partial charge in [-0.2, -0.15) is 0 Å². The summed E-state index contributed by atoms with van der Waals surface area (Å²) in [4.78, 5) is 0. The lowest BCUT2D eigenvalue weighted by molar-refractivity contribution is -0.129. The predicted octanol–water partition coefficient (Wildman–Crippen LogP) is 7.71. The molecule has 0 heterocycles. The Kier molecular flexibility index (Phi) is 6.22. The van der Waals surface area contributed by atoms with Gasteiger partial charge in [0.1, 0.15) is 0 Å². The van der Waals surface area contributed by atoms with Crippen molar-refractivity contribution in [2.75, 3.05) is 0 Å². The smallest absolute Gasteiger partial charge is 0.0543 e. The van der Waals surface area contributed by atoms with Gasteiger partial charge < -0.3 is 5.11 Å². The molecule has 29 heavy (non-hydrogen) atoms. The molecule has 0 bridgehead atoms. The van der Waals surface area contributed by atoms with Crippen LogP contribution in [-0.2, 0) is 0 Å². The summed E-state index contributed by atoms with van der Waals surface area (Å²) in [6.45, 7) is 15.2. The standard InChI is InChI=1S/C28H50O/c1-18(2)19(3)7-8-20(4)24-11-12-25-23-10-9-21-17-22(29)13-15-27(21,5)26(23)14-16-28(24,25)6/h18-26,29H,7-17H2,1-6H3/t19-,20+,21+,22-,23?,24+,25?,26?,27-,28+/m0/s1. The minimum atomic E-state index is -0.0107. The van der Waals surface area contributed by atoms with E-state index in [-0.39, 0.29) is 6.10 Å². The van der Waals surface area contributed by atoms with Crippen molar-refractivity contribution in [3.63, 3.8) is 0 Å². The zero-order chi connectivity index (χ0) is 21.0. The second-order valence-electron chi connectivity index (χ2n) is 13.1. The molecule has 0 radical (unpaired) electrons. The van der Waals surface area contributed by atoms with E-state index in [9.17, 15) is 5.11 Å². The topological polar surface area (TPSA) is 20.2 Å². The van der Waals surface area contributed by atoms with Gasteiger partial charge in [0.25, 0.3) is 0 Å². The van der Waals surface area contributed by atoms with Crippen molar-refractivity contribution < 1.29 is 5.11 Å². The Balaban J connectivity index is 1.46. The normalized spacial score (nSPS) is 49.2. The summed E-state index contributed by atoms with van der Waals surface area (Å²) in [7, 11) is 0. The molecule has 4 rings (SSSR count). The van der Waals surface area contributed by atoms with Crippen molar-refractivity contribution in [2.45, 2.75) is 118 Å². The van der Waals surface area contributed by atoms with Gasteiger partial charge in [-0.05, 0) is 116 Å². The largest absolute Gasteiger partial charge is 0.393 e. The maximum atomic E-state index is 10.3. The SMILES string of the molecule is CC(C)[C@@H](C)CC[C@@H](C)[C@H]1CCC2C3CC[C@@H]4C[C@@H](O)CC[C@]4(C)C3CC[C@@]21C. The van der Waals surface area contributed by atoms with Crippen LogP contribution < -0.4 is 0 Å². The fraction of sp³-hybridized carbons (Fsp3) is 1.00. The zero-order valence-corrected chi connectivity index (χ0v) is 20.4. The Hall–Kier alpha value is -0.0400. The Morgan fingerprint density at radius 1 is 0.793 bits per heavy atom. The Morgan fingerprint density at radius 2 is 1.48 bits per heavy atom. The summed E-state index contributed by atoms with van der Waals surface area (Å²) >= 11 is 0. The second kappa shape index (κ2) is 8.14. The first kappa shape index (κ1) is 22.2. The van der Waals surface area contributed by atoms with Crippen LogP contribution in [0.5, 0.6) is 0 Å². The lowest BCUT2D eigenvalue weighted by Crippen LogP contribution is -2.54. The summed E-state index contributed by atoms with van der Waals surface area (Å²) in [6, 6.07) is 0. The van der Waals surface area contributed by atoms with Crippen molar-refractivity contribution in [1.82, 2.24) is 0 Å². The number of hydrogen-bond acceptors (Lipinski definition) is 1. The quantitative estimate of drug-likeness (QED) is 0.499. The fourth-order valence-corrected chi connectivity index (χ4v) is 9.27. The van der Waals surface area contributed by atoms with Crippen LogP contribution in [0.2, 0.25) is 0 Å². The monoisotopic (exact) mass is 402 g/mol. The molecule has 4 saturated carbocycles. The number of rotatable bonds is 5. The highest BCUT2D eigenvalue weighted by Crippen LogP contribution is 2.68. The molecule has 1 N–H and O–H groups in total. The molecule has 0 amide bonds. The molecule has 4 fully saturated rings. The minimum Gasteiger partial charge on any atom is -0.393 e. The van der Waals surface area contributed by atoms with Gasteiger partial charge in [-0.25, -0.2) is 0 Å². The number of fused-ring (bicyclic) bond motifs is 5. The minimum absolute atomic E-state index is 0.0107. The van der Waals surface area contributed by atoms with Gasteiger partial charge >= 0.3 is 0 Å². The van der Waals surface area contributed by atoms with E-state index in [1.54, 1.807) is 0 Å². The third kappa shape index (κ3) is 3.74. The molecule has 10 atom stereocenters. The fourth-order valence-electron chi connectivity index (χ4n) is 9.27. The molecule has 0 aliphatic heterocycles. The molecular formula is C28H50O. The molecular weight excluding hydrogens is 352 g/mol. The van der Waals surface area contributed by atoms with Crippen molar-refractivity contribution in [3.8, 4) is 0 Å². The van der Waals surface area contributed by atoms with Gasteiger partial charge in [-0.1, -0.05) is 54.4 Å². The van der Waals surface area contributed by atoms with Crippen molar-refractivity contribution in [2.24, 2.45) is 58.2 Å². The zero-order valence-electron chi connectivity index (χ0n) is 20.4. The third-order valence-corrected chi connectivity index (χ3v) is 11.6. The van der Waals surface area contributed by atoms with E-state index in [1.165, 1.54) is 57.8 Å². The highest BCUT2D eigenvalue weighted by molar-refractivity contribution is 5.09. The molecule has 0 aromatic carbocycles. The maximum absolute atomic E-state index is 10.3. The lowest BCUT2D eigenvalue weighted by Gasteiger charge is -2.61. The van der Waals surface area contributed by atoms with Crippen LogP contribution in [0, 0.1) is 58.2 Å². The molecule has 168 valence electrons. The van der Waals surface area contributed by atoms with E-state index in [1.807, 2.05) is 0 Å². The van der Waals surface area contributed by atoms with Gasteiger partial charge in [0.2, 0.25) is 0 Å². The Bertz CT molecular complexity index is 569. The van der Waals surface area contributed by atoms with Crippen molar-refractivity contribution in [3.05, 3.63) is 0 Å². The van der Waals surface area contributed by atoms with E-state index >= 15 is 0 Å². The average molecular weight is 403 g/mol. The van der Waals surface area contributed by atoms with Gasteiger partial charge in [0, 0.05) is 0 Å². The van der Waals surface area contributed by atoms with Crippen LogP contribution in [0.3, 0.4) is 0 Å². The summed E-state index contributed by atoms with van der Waals surface area (Å²) in [5, 5.41) is 10.3. The number of aliphatic hydroxyl groups is 1. The summed E-state index contributed by atoms with van der Waals surface area (Å²) in [6.07, 6.45) is 15.1. The van der Waals surface area contributed by atoms with Crippen molar-refractivity contribution >= 4 is 0 Å². The Labute approximate surface area is 181 Å². The molecule has 0 saturated heterocycles. The average Bonchev–Trinajstić information content (AvgIpc) is 3.03. The first-order valence-electron chi connectivity index (χ1n) is 13.3. The Morgan fingerprint density at radius 3 is 2.21 bits per heavy atom. The van der Waals surface area contributed by atoms with Crippen LogP contribution in [0.15, 0.2) is 0 Å². The van der Waals surface area contributed by atoms with Crippen LogP contribution in [0.1, 0.15) is 112 Å². The van der Waals surface area contributed by atoms with E-state index in [0.29, 0.717) is 10.8 Å². The first-order chi connectivity index (χ1) is 13.7. The summed E-state index contributed by atoms with van der Waals surface area (Å²) < 4.78 is 0. The number of hydrogen-bond donors (Lipinski definition) is 1. The molecule has 0 aromatic rings. The predicted molar refractivity (Wildman–Crippen MR) is 124 cm³/mol. The highest BCUT2D eigenvalue weighted by atomic mass is 16.3. The molecule has 4 aliphatic rings. The lowest BCUT2D eigenvalue weighted by atomic mass is 9.44. The third-order valence-electron chi connectivity index (χ3n) is 11.6. The molecule has 4 aliphatic carbocycles. The first-order valence-corrected chi connectivity index (χ1v) is 13.3. The van der Waals surface area contributed by atoms with Gasteiger partial charge in [0.05, 0.1) is 6.10 Å². The van der Waals surface area contributed by atoms with Crippen molar-refractivity contribution in [1.29, 1.82) is 0 Å². The molecule has 0 spiro atoms. The van der Waals surface area contributed by atoms with E-state index in [0.717, 1.165) is 60.2 Å². The van der Waals surface area contributed by atoms with Crippen LogP contribution in [-0.4, -0.2) is 11.2 Å². The van der Waals surface area contributed by atoms with Gasteiger partial charge in [-0.15, -0.1) is 0 Å². The highest BCUT2D eigenvalue weighted by Gasteiger charge is 2.60. The van der Waals surface area contributed by atoms with E-state index in [4.69, 9.17) is 0 Å². The molecule has 0 aromatic heterocycles. The van der Waals surface area contributed by atoms with Crippen LogP contribution >= 0.6 is 0 Å². The molecule has 1 nitrogen and oxygen atoms in total. The van der Waals surface area contributed by atoms with E-state index in [2.05, 4.69) is 41.5 Å². The maximum Gasteiger partial charge on any atom is 0.0543 e. The molecule has 1 heteroatoms. The summed E-state index contributed by atoms with van der Waals surface area (Å²) in [5.74, 6) is 7.28.